The normalized spacial score (nSPS) is 11.0. The summed E-state index contributed by atoms with van der Waals surface area (Å²) in [5, 5.41) is 0.867. The number of hydrogen-bond donors (Lipinski definition) is 1. The van der Waals surface area contributed by atoms with Gasteiger partial charge in [-0.05, 0) is 23.1 Å². The SMILES string of the molecule is CCc1cccc2c(C(=O)COC(=O)CC(c3ccccc3)c3ccccc3)c[nH]c12. The lowest BCUT2D eigenvalue weighted by Gasteiger charge is -2.17. The number of rotatable bonds is 8. The van der Waals surface area contributed by atoms with Crippen LogP contribution < -0.4 is 0 Å². The predicted octanol–water partition coefficient (Wildman–Crippen LogP) is 5.68. The Labute approximate surface area is 181 Å². The zero-order valence-corrected chi connectivity index (χ0v) is 17.5. The molecule has 0 fully saturated rings. The second-order valence-corrected chi connectivity index (χ2v) is 7.56. The molecule has 4 rings (SSSR count). The molecule has 0 saturated carbocycles. The van der Waals surface area contributed by atoms with Crippen molar-refractivity contribution in [3.05, 3.63) is 107 Å². The Kier molecular flexibility index (Phi) is 6.27. The van der Waals surface area contributed by atoms with Crippen LogP contribution in [0.2, 0.25) is 0 Å². The average molecular weight is 412 g/mol. The van der Waals surface area contributed by atoms with Crippen LogP contribution in [0.5, 0.6) is 0 Å². The van der Waals surface area contributed by atoms with Crippen molar-refractivity contribution < 1.29 is 14.3 Å². The largest absolute Gasteiger partial charge is 0.457 e. The lowest BCUT2D eigenvalue weighted by molar-refractivity contribution is -0.142. The molecule has 1 aromatic heterocycles. The first-order chi connectivity index (χ1) is 15.2. The first-order valence-electron chi connectivity index (χ1n) is 10.5. The zero-order valence-electron chi connectivity index (χ0n) is 17.5. The summed E-state index contributed by atoms with van der Waals surface area (Å²) in [6.07, 6.45) is 2.76. The van der Waals surface area contributed by atoms with Gasteiger partial charge in [0.05, 0.1) is 6.42 Å². The summed E-state index contributed by atoms with van der Waals surface area (Å²) in [7, 11) is 0. The van der Waals surface area contributed by atoms with E-state index in [4.69, 9.17) is 4.74 Å². The third kappa shape index (κ3) is 4.58. The molecule has 0 saturated heterocycles. The number of ether oxygens (including phenoxy) is 1. The summed E-state index contributed by atoms with van der Waals surface area (Å²) in [6, 6.07) is 25.7. The van der Waals surface area contributed by atoms with Crippen LogP contribution in [0.4, 0.5) is 0 Å². The number of Topliss-reactive ketones (excluding diaryl/α,β-unsaturated/α-hetero) is 1. The van der Waals surface area contributed by atoms with Gasteiger partial charge >= 0.3 is 5.97 Å². The van der Waals surface area contributed by atoms with Crippen LogP contribution in [0.1, 0.15) is 46.3 Å². The van der Waals surface area contributed by atoms with Gasteiger partial charge in [-0.25, -0.2) is 0 Å². The molecule has 0 aliphatic carbocycles. The topological polar surface area (TPSA) is 59.2 Å². The van der Waals surface area contributed by atoms with Crippen molar-refractivity contribution in [1.82, 2.24) is 4.98 Å². The highest BCUT2D eigenvalue weighted by Gasteiger charge is 2.21. The molecule has 4 nitrogen and oxygen atoms in total. The minimum absolute atomic E-state index is 0.120. The van der Waals surface area contributed by atoms with E-state index in [-0.39, 0.29) is 30.7 Å². The molecule has 0 bridgehead atoms. The maximum atomic E-state index is 12.8. The Bertz CT molecular complexity index is 1140. The molecular formula is C27H25NO3. The van der Waals surface area contributed by atoms with Crippen molar-refractivity contribution in [1.29, 1.82) is 0 Å². The third-order valence-corrected chi connectivity index (χ3v) is 5.62. The van der Waals surface area contributed by atoms with E-state index in [0.717, 1.165) is 34.0 Å². The Hall–Kier alpha value is -3.66. The number of hydrogen-bond acceptors (Lipinski definition) is 3. The fourth-order valence-corrected chi connectivity index (χ4v) is 3.99. The summed E-state index contributed by atoms with van der Waals surface area (Å²) in [4.78, 5) is 28.6. The van der Waals surface area contributed by atoms with Gasteiger partial charge in [-0.1, -0.05) is 85.8 Å². The van der Waals surface area contributed by atoms with Gasteiger partial charge in [-0.15, -0.1) is 0 Å². The van der Waals surface area contributed by atoms with E-state index in [2.05, 4.69) is 11.9 Å². The van der Waals surface area contributed by atoms with Gasteiger partial charge in [0.2, 0.25) is 5.78 Å². The van der Waals surface area contributed by atoms with E-state index < -0.39 is 0 Å². The van der Waals surface area contributed by atoms with Crippen molar-refractivity contribution in [3.63, 3.8) is 0 Å². The van der Waals surface area contributed by atoms with Crippen LogP contribution in [0.25, 0.3) is 10.9 Å². The second kappa shape index (κ2) is 9.43. The lowest BCUT2D eigenvalue weighted by atomic mass is 9.89. The van der Waals surface area contributed by atoms with Crippen molar-refractivity contribution >= 4 is 22.7 Å². The number of aryl methyl sites for hydroxylation is 1. The Morgan fingerprint density at radius 3 is 2.13 bits per heavy atom. The maximum Gasteiger partial charge on any atom is 0.307 e. The monoisotopic (exact) mass is 411 g/mol. The number of esters is 1. The minimum Gasteiger partial charge on any atom is -0.457 e. The lowest BCUT2D eigenvalue weighted by Crippen LogP contribution is -2.16. The molecule has 156 valence electrons. The van der Waals surface area contributed by atoms with Crippen LogP contribution in [-0.2, 0) is 16.0 Å². The fourth-order valence-electron chi connectivity index (χ4n) is 3.99. The molecule has 4 heteroatoms. The van der Waals surface area contributed by atoms with Gasteiger partial charge in [-0.3, -0.25) is 9.59 Å². The molecule has 0 radical (unpaired) electrons. The molecule has 31 heavy (non-hydrogen) atoms. The molecule has 0 unspecified atom stereocenters. The third-order valence-electron chi connectivity index (χ3n) is 5.62. The van der Waals surface area contributed by atoms with E-state index in [1.807, 2.05) is 78.9 Å². The van der Waals surface area contributed by atoms with Crippen LogP contribution in [0.3, 0.4) is 0 Å². The van der Waals surface area contributed by atoms with Crippen molar-refractivity contribution in [2.75, 3.05) is 6.61 Å². The smallest absolute Gasteiger partial charge is 0.307 e. The Morgan fingerprint density at radius 1 is 0.871 bits per heavy atom. The first-order valence-corrected chi connectivity index (χ1v) is 10.5. The number of aromatic nitrogens is 1. The predicted molar refractivity (Wildman–Crippen MR) is 122 cm³/mol. The number of carbonyl (C=O) groups excluding carboxylic acids is 2. The highest BCUT2D eigenvalue weighted by atomic mass is 16.5. The standard InChI is InChI=1S/C27H25NO3/c1-2-19-14-9-15-22-24(17-28-27(19)22)25(29)18-31-26(30)16-23(20-10-5-3-6-11-20)21-12-7-4-8-13-21/h3-15,17,23,28H,2,16,18H2,1H3. The summed E-state index contributed by atoms with van der Waals surface area (Å²) in [6.45, 7) is 1.81. The number of H-pyrrole nitrogens is 1. The quantitative estimate of drug-likeness (QED) is 0.300. The summed E-state index contributed by atoms with van der Waals surface area (Å²) < 4.78 is 5.40. The Morgan fingerprint density at radius 2 is 1.52 bits per heavy atom. The zero-order chi connectivity index (χ0) is 21.6. The molecule has 0 aliphatic rings. The molecule has 1 N–H and O–H groups in total. The number of carbonyl (C=O) groups is 2. The fraction of sp³-hybridized carbons (Fsp3) is 0.185. The van der Waals surface area contributed by atoms with Gasteiger partial charge in [-0.2, -0.15) is 0 Å². The first kappa shape index (κ1) is 20.6. The number of ketones is 1. The van der Waals surface area contributed by atoms with E-state index in [1.165, 1.54) is 0 Å². The van der Waals surface area contributed by atoms with E-state index >= 15 is 0 Å². The molecular weight excluding hydrogens is 386 g/mol. The van der Waals surface area contributed by atoms with Crippen molar-refractivity contribution in [3.8, 4) is 0 Å². The van der Waals surface area contributed by atoms with Gasteiger partial charge in [0, 0.05) is 28.6 Å². The van der Waals surface area contributed by atoms with Crippen LogP contribution in [0, 0.1) is 0 Å². The summed E-state index contributed by atoms with van der Waals surface area (Å²) in [5.41, 5.74) is 4.76. The van der Waals surface area contributed by atoms with Gasteiger partial charge in [0.15, 0.2) is 6.61 Å². The highest BCUT2D eigenvalue weighted by molar-refractivity contribution is 6.09. The summed E-state index contributed by atoms with van der Waals surface area (Å²) >= 11 is 0. The van der Waals surface area contributed by atoms with Gasteiger partial charge in [0.25, 0.3) is 0 Å². The highest BCUT2D eigenvalue weighted by Crippen LogP contribution is 2.28. The number of nitrogens with one attached hydrogen (secondary N) is 1. The summed E-state index contributed by atoms with van der Waals surface area (Å²) in [5.74, 6) is -0.714. The van der Waals surface area contributed by atoms with Crippen LogP contribution in [-0.4, -0.2) is 23.3 Å². The molecule has 0 spiro atoms. The van der Waals surface area contributed by atoms with Crippen LogP contribution in [0.15, 0.2) is 85.1 Å². The Balaban J connectivity index is 1.46. The maximum absolute atomic E-state index is 12.8. The second-order valence-electron chi connectivity index (χ2n) is 7.56. The van der Waals surface area contributed by atoms with Crippen LogP contribution >= 0.6 is 0 Å². The minimum atomic E-state index is -0.389. The average Bonchev–Trinajstić information content (AvgIpc) is 3.26. The molecule has 0 amide bonds. The molecule has 4 aromatic rings. The molecule has 1 heterocycles. The molecule has 0 atom stereocenters. The molecule has 0 aliphatic heterocycles. The van der Waals surface area contributed by atoms with E-state index in [9.17, 15) is 9.59 Å². The molecule has 3 aromatic carbocycles. The van der Waals surface area contributed by atoms with Gasteiger partial charge in [0.1, 0.15) is 0 Å². The number of benzene rings is 3. The van der Waals surface area contributed by atoms with Crippen molar-refractivity contribution in [2.45, 2.75) is 25.7 Å². The van der Waals surface area contributed by atoms with Crippen molar-refractivity contribution in [2.24, 2.45) is 0 Å². The number of fused-ring (bicyclic) bond motifs is 1. The van der Waals surface area contributed by atoms with E-state index in [0.29, 0.717) is 5.56 Å². The van der Waals surface area contributed by atoms with E-state index in [1.54, 1.807) is 6.20 Å². The number of aromatic amines is 1. The van der Waals surface area contributed by atoms with Gasteiger partial charge < -0.3 is 9.72 Å². The number of para-hydroxylation sites is 1.